The van der Waals surface area contributed by atoms with Gasteiger partial charge in [0.15, 0.2) is 0 Å². The van der Waals surface area contributed by atoms with Gasteiger partial charge in [-0.15, -0.1) is 6.42 Å². The molecule has 0 aliphatic carbocycles. The van der Waals surface area contributed by atoms with E-state index < -0.39 is 0 Å². The van der Waals surface area contributed by atoms with Crippen LogP contribution in [0, 0.1) is 12.3 Å². The molecule has 0 spiro atoms. The first-order valence-electron chi connectivity index (χ1n) is 4.58. The van der Waals surface area contributed by atoms with Crippen LogP contribution in [0.1, 0.15) is 5.56 Å². The lowest BCUT2D eigenvalue weighted by molar-refractivity contribution is 1.31. The third-order valence-corrected chi connectivity index (χ3v) is 2.52. The van der Waals surface area contributed by atoms with Crippen LogP contribution in [0.2, 0.25) is 10.0 Å². The van der Waals surface area contributed by atoms with E-state index in [2.05, 4.69) is 10.9 Å². The van der Waals surface area contributed by atoms with E-state index in [1.165, 1.54) is 0 Å². The maximum atomic E-state index is 5.91. The highest BCUT2D eigenvalue weighted by Gasteiger charge is 2.02. The van der Waals surface area contributed by atoms with Crippen molar-refractivity contribution in [2.45, 2.75) is 0 Å². The standard InChI is InChI=1S/C13H7Cl2N/c1-2-9-3-4-13(16-8-9)10-5-11(14)7-12(15)6-10/h1,3-8H. The van der Waals surface area contributed by atoms with Gasteiger partial charge in [-0.3, -0.25) is 4.98 Å². The summed E-state index contributed by atoms with van der Waals surface area (Å²) in [4.78, 5) is 4.24. The van der Waals surface area contributed by atoms with Crippen LogP contribution in [0.5, 0.6) is 0 Å². The number of nitrogens with zero attached hydrogens (tertiary/aromatic N) is 1. The number of rotatable bonds is 1. The van der Waals surface area contributed by atoms with Crippen molar-refractivity contribution in [3.8, 4) is 23.6 Å². The molecule has 1 aromatic heterocycles. The lowest BCUT2D eigenvalue weighted by Crippen LogP contribution is -1.84. The Kier molecular flexibility index (Phi) is 3.14. The summed E-state index contributed by atoms with van der Waals surface area (Å²) in [6.45, 7) is 0. The Morgan fingerprint density at radius 2 is 1.75 bits per heavy atom. The first kappa shape index (κ1) is 11.0. The zero-order chi connectivity index (χ0) is 11.5. The average molecular weight is 248 g/mol. The molecule has 0 N–H and O–H groups in total. The first-order chi connectivity index (χ1) is 7.69. The van der Waals surface area contributed by atoms with Gasteiger partial charge in [0, 0.05) is 27.4 Å². The van der Waals surface area contributed by atoms with Gasteiger partial charge >= 0.3 is 0 Å². The molecule has 1 heterocycles. The second-order valence-electron chi connectivity index (χ2n) is 3.23. The Labute approximate surface area is 104 Å². The predicted molar refractivity (Wildman–Crippen MR) is 67.6 cm³/mol. The number of halogens is 2. The van der Waals surface area contributed by atoms with Crippen molar-refractivity contribution in [1.82, 2.24) is 4.98 Å². The second kappa shape index (κ2) is 4.57. The van der Waals surface area contributed by atoms with Crippen LogP contribution in [0.3, 0.4) is 0 Å². The molecule has 3 heteroatoms. The van der Waals surface area contributed by atoms with E-state index in [0.717, 1.165) is 16.8 Å². The summed E-state index contributed by atoms with van der Waals surface area (Å²) in [6, 6.07) is 8.98. The molecule has 0 amide bonds. The van der Waals surface area contributed by atoms with Gasteiger partial charge in [-0.05, 0) is 30.3 Å². The van der Waals surface area contributed by atoms with Gasteiger partial charge in [0.1, 0.15) is 0 Å². The van der Waals surface area contributed by atoms with E-state index in [4.69, 9.17) is 29.6 Å². The van der Waals surface area contributed by atoms with Crippen LogP contribution in [-0.2, 0) is 0 Å². The number of aromatic nitrogens is 1. The molecule has 0 saturated heterocycles. The van der Waals surface area contributed by atoms with Crippen molar-refractivity contribution in [3.05, 3.63) is 52.1 Å². The van der Waals surface area contributed by atoms with Crippen molar-refractivity contribution < 1.29 is 0 Å². The highest BCUT2D eigenvalue weighted by atomic mass is 35.5. The molecule has 0 radical (unpaired) electrons. The van der Waals surface area contributed by atoms with Crippen LogP contribution in [-0.4, -0.2) is 4.98 Å². The number of hydrogen-bond donors (Lipinski definition) is 0. The summed E-state index contributed by atoms with van der Waals surface area (Å²) < 4.78 is 0. The summed E-state index contributed by atoms with van der Waals surface area (Å²) >= 11 is 11.8. The summed E-state index contributed by atoms with van der Waals surface area (Å²) in [7, 11) is 0. The molecule has 78 valence electrons. The van der Waals surface area contributed by atoms with Gasteiger partial charge in [0.25, 0.3) is 0 Å². The monoisotopic (exact) mass is 247 g/mol. The van der Waals surface area contributed by atoms with E-state index in [0.29, 0.717) is 10.0 Å². The number of pyridine rings is 1. The fourth-order valence-electron chi connectivity index (χ4n) is 1.35. The minimum Gasteiger partial charge on any atom is -0.255 e. The van der Waals surface area contributed by atoms with Gasteiger partial charge in [-0.25, -0.2) is 0 Å². The summed E-state index contributed by atoms with van der Waals surface area (Å²) in [6.07, 6.45) is 6.90. The van der Waals surface area contributed by atoms with Crippen LogP contribution in [0.25, 0.3) is 11.3 Å². The van der Waals surface area contributed by atoms with Gasteiger partial charge in [-0.1, -0.05) is 29.1 Å². The molecule has 1 aromatic carbocycles. The minimum atomic E-state index is 0.588. The van der Waals surface area contributed by atoms with Crippen molar-refractivity contribution in [1.29, 1.82) is 0 Å². The largest absolute Gasteiger partial charge is 0.255 e. The van der Waals surface area contributed by atoms with E-state index in [-0.39, 0.29) is 0 Å². The number of terminal acetylenes is 1. The Hall–Kier alpha value is -1.49. The first-order valence-corrected chi connectivity index (χ1v) is 5.34. The average Bonchev–Trinajstić information content (AvgIpc) is 2.28. The Balaban J connectivity index is 2.47. The van der Waals surface area contributed by atoms with Crippen molar-refractivity contribution in [3.63, 3.8) is 0 Å². The topological polar surface area (TPSA) is 12.9 Å². The highest BCUT2D eigenvalue weighted by molar-refractivity contribution is 6.35. The molecule has 1 nitrogen and oxygen atoms in total. The SMILES string of the molecule is C#Cc1ccc(-c2cc(Cl)cc(Cl)c2)nc1. The molecule has 0 bridgehead atoms. The van der Waals surface area contributed by atoms with Crippen molar-refractivity contribution in [2.75, 3.05) is 0 Å². The van der Waals surface area contributed by atoms with Crippen LogP contribution >= 0.6 is 23.2 Å². The quantitative estimate of drug-likeness (QED) is 0.694. The van der Waals surface area contributed by atoms with Crippen molar-refractivity contribution in [2.24, 2.45) is 0 Å². The maximum Gasteiger partial charge on any atom is 0.0703 e. The molecule has 2 rings (SSSR count). The van der Waals surface area contributed by atoms with Gasteiger partial charge < -0.3 is 0 Å². The summed E-state index contributed by atoms with van der Waals surface area (Å²) in [5, 5.41) is 1.18. The molecule has 0 unspecified atom stereocenters. The van der Waals surface area contributed by atoms with E-state index in [9.17, 15) is 0 Å². The van der Waals surface area contributed by atoms with Crippen LogP contribution < -0.4 is 0 Å². The van der Waals surface area contributed by atoms with Crippen LogP contribution in [0.15, 0.2) is 36.5 Å². The molecule has 0 aliphatic rings. The molecule has 0 fully saturated rings. The second-order valence-corrected chi connectivity index (χ2v) is 4.11. The molecule has 2 aromatic rings. The summed E-state index contributed by atoms with van der Waals surface area (Å²) in [5.74, 6) is 2.51. The highest BCUT2D eigenvalue weighted by Crippen LogP contribution is 2.25. The third kappa shape index (κ3) is 2.36. The van der Waals surface area contributed by atoms with Crippen LogP contribution in [0.4, 0.5) is 0 Å². The Morgan fingerprint density at radius 3 is 2.25 bits per heavy atom. The fourth-order valence-corrected chi connectivity index (χ4v) is 1.88. The van der Waals surface area contributed by atoms with Gasteiger partial charge in [-0.2, -0.15) is 0 Å². The smallest absolute Gasteiger partial charge is 0.0703 e. The predicted octanol–water partition coefficient (Wildman–Crippen LogP) is 4.04. The lowest BCUT2D eigenvalue weighted by Gasteiger charge is -2.02. The lowest BCUT2D eigenvalue weighted by atomic mass is 10.1. The maximum absolute atomic E-state index is 5.91. The molecular weight excluding hydrogens is 241 g/mol. The third-order valence-electron chi connectivity index (χ3n) is 2.09. The van der Waals surface area contributed by atoms with Gasteiger partial charge in [0.05, 0.1) is 5.69 Å². The Bertz CT molecular complexity index is 533. The zero-order valence-electron chi connectivity index (χ0n) is 8.24. The van der Waals surface area contributed by atoms with Crippen molar-refractivity contribution >= 4 is 23.2 Å². The minimum absolute atomic E-state index is 0.588. The number of hydrogen-bond acceptors (Lipinski definition) is 1. The Morgan fingerprint density at radius 1 is 1.06 bits per heavy atom. The molecule has 0 saturated carbocycles. The fraction of sp³-hybridized carbons (Fsp3) is 0. The normalized spacial score (nSPS) is 9.81. The van der Waals surface area contributed by atoms with Gasteiger partial charge in [0.2, 0.25) is 0 Å². The van der Waals surface area contributed by atoms with E-state index in [1.54, 1.807) is 12.3 Å². The molecule has 16 heavy (non-hydrogen) atoms. The number of benzene rings is 1. The summed E-state index contributed by atoms with van der Waals surface area (Å²) in [5.41, 5.74) is 2.42. The molecule has 0 aliphatic heterocycles. The van der Waals surface area contributed by atoms with E-state index in [1.807, 2.05) is 24.3 Å². The molecule has 0 atom stereocenters. The zero-order valence-corrected chi connectivity index (χ0v) is 9.76. The van der Waals surface area contributed by atoms with E-state index >= 15 is 0 Å². The molecular formula is C13H7Cl2N.